The van der Waals surface area contributed by atoms with Crippen LogP contribution in [0, 0.1) is 5.92 Å². The van der Waals surface area contributed by atoms with Crippen LogP contribution in [0.5, 0.6) is 0 Å². The molecule has 2 rings (SSSR count). The predicted octanol–water partition coefficient (Wildman–Crippen LogP) is -0.242. The lowest BCUT2D eigenvalue weighted by atomic mass is 9.99. The van der Waals surface area contributed by atoms with Crippen molar-refractivity contribution < 1.29 is 14.3 Å². The highest BCUT2D eigenvalue weighted by Crippen LogP contribution is 2.19. The minimum atomic E-state index is -0.340. The molecule has 2 aliphatic rings. The number of ether oxygens (including phenoxy) is 1. The number of hydrogen-bond donors (Lipinski definition) is 1. The number of likely N-dealkylation sites (N-methyl/N-ethyl adjacent to an activating group) is 1. The molecule has 0 aliphatic carbocycles. The molecule has 2 amide bonds. The molecule has 1 N–H and O–H groups in total. The summed E-state index contributed by atoms with van der Waals surface area (Å²) in [6.07, 6.45) is 1.31. The van der Waals surface area contributed by atoms with Crippen molar-refractivity contribution >= 4 is 11.8 Å². The van der Waals surface area contributed by atoms with Crippen LogP contribution in [0.2, 0.25) is 0 Å². The summed E-state index contributed by atoms with van der Waals surface area (Å²) in [4.78, 5) is 24.2. The van der Waals surface area contributed by atoms with E-state index in [0.29, 0.717) is 5.92 Å². The summed E-state index contributed by atoms with van der Waals surface area (Å²) in [5, 5.41) is 3.24. The number of rotatable bonds is 3. The molecule has 0 aromatic carbocycles. The average molecular weight is 226 g/mol. The molecular weight excluding hydrogens is 208 g/mol. The third kappa shape index (κ3) is 2.10. The van der Waals surface area contributed by atoms with Gasteiger partial charge < -0.3 is 10.1 Å². The van der Waals surface area contributed by atoms with Crippen LogP contribution in [-0.4, -0.2) is 49.1 Å². The van der Waals surface area contributed by atoms with Crippen molar-refractivity contribution in [1.82, 2.24) is 10.2 Å². The average Bonchev–Trinajstić information content (AvgIpc) is 2.85. The fourth-order valence-corrected chi connectivity index (χ4v) is 2.29. The maximum Gasteiger partial charge on any atom is 0.246 e. The van der Waals surface area contributed by atoms with E-state index in [1.165, 1.54) is 11.9 Å². The molecule has 16 heavy (non-hydrogen) atoms. The lowest BCUT2D eigenvalue weighted by molar-refractivity contribution is -0.137. The normalized spacial score (nSPS) is 32.5. The Balaban J connectivity index is 1.90. The molecule has 0 saturated carbocycles. The number of likely N-dealkylation sites (tertiary alicyclic amines) is 1. The van der Waals surface area contributed by atoms with Gasteiger partial charge >= 0.3 is 0 Å². The molecule has 90 valence electrons. The number of hydrogen-bond acceptors (Lipinski definition) is 4. The van der Waals surface area contributed by atoms with Crippen LogP contribution in [0.4, 0.5) is 0 Å². The van der Waals surface area contributed by atoms with Crippen molar-refractivity contribution in [3.63, 3.8) is 0 Å². The van der Waals surface area contributed by atoms with Crippen LogP contribution in [0.15, 0.2) is 0 Å². The molecular formula is C11H18N2O3. The van der Waals surface area contributed by atoms with Gasteiger partial charge in [0.05, 0.1) is 19.1 Å². The molecule has 0 radical (unpaired) electrons. The maximum absolute atomic E-state index is 11.7. The summed E-state index contributed by atoms with van der Waals surface area (Å²) in [6, 6.07) is -0.121. The van der Waals surface area contributed by atoms with Gasteiger partial charge in [0.1, 0.15) is 0 Å². The maximum atomic E-state index is 11.7. The molecule has 0 bridgehead atoms. The second-order valence-electron chi connectivity index (χ2n) is 4.63. The van der Waals surface area contributed by atoms with Crippen LogP contribution >= 0.6 is 0 Å². The number of amides is 2. The number of carbonyl (C=O) groups is 2. The Morgan fingerprint density at radius 3 is 2.75 bits per heavy atom. The van der Waals surface area contributed by atoms with E-state index in [9.17, 15) is 9.59 Å². The van der Waals surface area contributed by atoms with Gasteiger partial charge in [0.15, 0.2) is 0 Å². The van der Waals surface area contributed by atoms with Gasteiger partial charge in [-0.25, -0.2) is 0 Å². The Kier molecular flexibility index (Phi) is 3.25. The fourth-order valence-electron chi connectivity index (χ4n) is 2.29. The van der Waals surface area contributed by atoms with E-state index in [1.54, 1.807) is 0 Å². The van der Waals surface area contributed by atoms with Crippen molar-refractivity contribution in [1.29, 1.82) is 0 Å². The Morgan fingerprint density at radius 2 is 2.25 bits per heavy atom. The topological polar surface area (TPSA) is 58.6 Å². The van der Waals surface area contributed by atoms with Gasteiger partial charge in [-0.1, -0.05) is 0 Å². The first-order chi connectivity index (χ1) is 7.59. The van der Waals surface area contributed by atoms with Gasteiger partial charge in [-0.15, -0.1) is 0 Å². The quantitative estimate of drug-likeness (QED) is 0.675. The molecule has 2 saturated heterocycles. The molecule has 3 unspecified atom stereocenters. The number of nitrogens with one attached hydrogen (secondary N) is 1. The van der Waals surface area contributed by atoms with Crippen molar-refractivity contribution in [2.24, 2.45) is 5.92 Å². The van der Waals surface area contributed by atoms with Crippen molar-refractivity contribution in [2.75, 3.05) is 20.3 Å². The third-order valence-corrected chi connectivity index (χ3v) is 3.52. The second kappa shape index (κ2) is 4.51. The van der Waals surface area contributed by atoms with Crippen molar-refractivity contribution in [3.05, 3.63) is 0 Å². The van der Waals surface area contributed by atoms with Crippen LogP contribution < -0.4 is 5.32 Å². The first-order valence-corrected chi connectivity index (χ1v) is 5.74. The second-order valence-corrected chi connectivity index (χ2v) is 4.63. The van der Waals surface area contributed by atoms with E-state index in [2.05, 4.69) is 12.2 Å². The Morgan fingerprint density at radius 1 is 1.50 bits per heavy atom. The van der Waals surface area contributed by atoms with Crippen molar-refractivity contribution in [3.8, 4) is 0 Å². The summed E-state index contributed by atoms with van der Waals surface area (Å²) in [6.45, 7) is 3.60. The minimum absolute atomic E-state index is 0.0997. The van der Waals surface area contributed by atoms with Gasteiger partial charge in [0, 0.05) is 19.7 Å². The van der Waals surface area contributed by atoms with Crippen LogP contribution in [-0.2, 0) is 14.3 Å². The van der Waals surface area contributed by atoms with E-state index in [1.807, 2.05) is 0 Å². The predicted molar refractivity (Wildman–Crippen MR) is 57.7 cm³/mol. The van der Waals surface area contributed by atoms with E-state index in [-0.39, 0.29) is 30.3 Å². The van der Waals surface area contributed by atoms with E-state index in [4.69, 9.17) is 4.74 Å². The van der Waals surface area contributed by atoms with Crippen LogP contribution in [0.25, 0.3) is 0 Å². The lowest BCUT2D eigenvalue weighted by Crippen LogP contribution is -2.45. The highest BCUT2D eigenvalue weighted by molar-refractivity contribution is 6.05. The Bertz CT molecular complexity index is 300. The van der Waals surface area contributed by atoms with Crippen LogP contribution in [0.3, 0.4) is 0 Å². The van der Waals surface area contributed by atoms with Crippen LogP contribution in [0.1, 0.15) is 19.8 Å². The minimum Gasteiger partial charge on any atom is -0.381 e. The highest BCUT2D eigenvalue weighted by Gasteiger charge is 2.37. The standard InChI is InChI=1S/C11H18N2O3/c1-7(8-3-4-16-6-8)12-9-5-10(14)13(2)11(9)15/h7-9,12H,3-6H2,1-2H3. The van der Waals surface area contributed by atoms with Gasteiger partial charge in [-0.05, 0) is 19.3 Å². The number of nitrogens with zero attached hydrogens (tertiary/aromatic N) is 1. The van der Waals surface area contributed by atoms with Gasteiger partial charge in [-0.3, -0.25) is 14.5 Å². The lowest BCUT2D eigenvalue weighted by Gasteiger charge is -2.22. The molecule has 5 nitrogen and oxygen atoms in total. The summed E-state index contributed by atoms with van der Waals surface area (Å²) in [5.41, 5.74) is 0. The molecule has 5 heteroatoms. The fraction of sp³-hybridized carbons (Fsp3) is 0.818. The SMILES string of the molecule is CC(NC1CC(=O)N(C)C1=O)C1CCOC1. The molecule has 3 atom stereocenters. The summed E-state index contributed by atoms with van der Waals surface area (Å²) >= 11 is 0. The monoisotopic (exact) mass is 226 g/mol. The molecule has 2 heterocycles. The summed E-state index contributed by atoms with van der Waals surface area (Å²) in [5.74, 6) is 0.238. The van der Waals surface area contributed by atoms with E-state index < -0.39 is 0 Å². The first kappa shape index (κ1) is 11.5. The summed E-state index contributed by atoms with van der Waals surface area (Å²) < 4.78 is 5.31. The zero-order valence-electron chi connectivity index (χ0n) is 9.73. The molecule has 2 aliphatic heterocycles. The zero-order valence-corrected chi connectivity index (χ0v) is 9.73. The van der Waals surface area contributed by atoms with Crippen molar-refractivity contribution in [2.45, 2.75) is 31.8 Å². The van der Waals surface area contributed by atoms with Gasteiger partial charge in [-0.2, -0.15) is 0 Å². The smallest absolute Gasteiger partial charge is 0.246 e. The van der Waals surface area contributed by atoms with Gasteiger partial charge in [0.2, 0.25) is 11.8 Å². The van der Waals surface area contributed by atoms with E-state index >= 15 is 0 Å². The van der Waals surface area contributed by atoms with Gasteiger partial charge in [0.25, 0.3) is 0 Å². The van der Waals surface area contributed by atoms with E-state index in [0.717, 1.165) is 19.6 Å². The first-order valence-electron chi connectivity index (χ1n) is 5.74. The highest BCUT2D eigenvalue weighted by atomic mass is 16.5. The molecule has 0 spiro atoms. The number of carbonyl (C=O) groups excluding carboxylic acids is 2. The molecule has 0 aromatic rings. The summed E-state index contributed by atoms with van der Waals surface area (Å²) in [7, 11) is 1.54. The molecule has 0 aromatic heterocycles. The third-order valence-electron chi connectivity index (χ3n) is 3.52. The Labute approximate surface area is 95.1 Å². The largest absolute Gasteiger partial charge is 0.381 e. The number of imide groups is 1. The molecule has 2 fully saturated rings. The Hall–Kier alpha value is -0.940. The zero-order chi connectivity index (χ0) is 11.7.